The van der Waals surface area contributed by atoms with Crippen LogP contribution in [0.25, 0.3) is 32.3 Å². The third-order valence-electron chi connectivity index (χ3n) is 13.1. The van der Waals surface area contributed by atoms with Crippen molar-refractivity contribution in [1.82, 2.24) is 16.0 Å². The first kappa shape index (κ1) is 50.6. The number of phenols is 3. The highest BCUT2D eigenvalue weighted by Gasteiger charge is 2.36. The van der Waals surface area contributed by atoms with Gasteiger partial charge in [0.2, 0.25) is 23.6 Å². The summed E-state index contributed by atoms with van der Waals surface area (Å²) in [7, 11) is 5.07. The smallest absolute Gasteiger partial charge is 0.251 e. The summed E-state index contributed by atoms with van der Waals surface area (Å²) in [5.41, 5.74) is 7.59. The Morgan fingerprint density at radius 1 is 0.522 bits per heavy atom. The minimum atomic E-state index is -0.201. The molecule has 9 rings (SSSR count). The standard InChI is InChI=1S/C18H19ClN2O3.C17H17ClN2O3.C17H19ClN2O2/c1-10(22)21-9-12(8-19)18-14-5-11(6-17(24)20-2)3-4-13(14)16(23)7-15(18)21;1-9(21)20-8-11(7-18)16-13-5-10(17(23)19-2)3-4-12(13)15(22)6-14(16)20;1-10(21)20-9-12(7-18)17-14-5-11(8-19-2)3-4-13(14)16(22)6-15(17)20/h3-5,7,12,23H,6,8-9H2,1-2H3,(H,20,24);3-6,11,22H,7-8H2,1-2H3,(H,19,23);3-6,12,19,22H,7-9H2,1-2H3. The van der Waals surface area contributed by atoms with Crippen LogP contribution in [0.3, 0.4) is 0 Å². The van der Waals surface area contributed by atoms with E-state index in [0.717, 1.165) is 61.6 Å². The molecule has 0 fully saturated rings. The molecular formula is C52H55Cl3N6O8. The van der Waals surface area contributed by atoms with E-state index >= 15 is 0 Å². The molecule has 0 bridgehead atoms. The lowest BCUT2D eigenvalue weighted by atomic mass is 9.93. The van der Waals surface area contributed by atoms with Gasteiger partial charge in [-0.25, -0.2) is 0 Å². The molecule has 69 heavy (non-hydrogen) atoms. The van der Waals surface area contributed by atoms with Gasteiger partial charge >= 0.3 is 0 Å². The van der Waals surface area contributed by atoms with Gasteiger partial charge in [-0.05, 0) is 75.3 Å². The molecule has 0 saturated carbocycles. The Hall–Kier alpha value is -6.32. The number of likely N-dealkylation sites (N-methyl/N-ethyl adjacent to an activating group) is 1. The predicted molar refractivity (Wildman–Crippen MR) is 275 cm³/mol. The molecule has 3 aliphatic rings. The molecular weight excluding hydrogens is 943 g/mol. The molecule has 0 saturated heterocycles. The molecule has 3 atom stereocenters. The zero-order valence-corrected chi connectivity index (χ0v) is 41.4. The quantitative estimate of drug-likeness (QED) is 0.0819. The first-order valence-electron chi connectivity index (χ1n) is 22.5. The summed E-state index contributed by atoms with van der Waals surface area (Å²) in [6.45, 7) is 6.85. The second-order valence-electron chi connectivity index (χ2n) is 17.4. The number of benzene rings is 6. The summed E-state index contributed by atoms with van der Waals surface area (Å²) in [4.78, 5) is 64.2. The second-order valence-corrected chi connectivity index (χ2v) is 18.3. The van der Waals surface area contributed by atoms with Crippen LogP contribution < -0.4 is 30.7 Å². The summed E-state index contributed by atoms with van der Waals surface area (Å²) in [5, 5.41) is 44.1. The molecule has 3 unspecified atom stereocenters. The number of fused-ring (bicyclic) bond motifs is 9. The minimum Gasteiger partial charge on any atom is -0.507 e. The van der Waals surface area contributed by atoms with Crippen molar-refractivity contribution in [3.63, 3.8) is 0 Å². The van der Waals surface area contributed by atoms with Gasteiger partial charge < -0.3 is 46.0 Å². The average molecular weight is 998 g/mol. The van der Waals surface area contributed by atoms with Crippen LogP contribution in [-0.4, -0.2) is 103 Å². The predicted octanol–water partition coefficient (Wildman–Crippen LogP) is 8.07. The van der Waals surface area contributed by atoms with Gasteiger partial charge in [-0.15, -0.1) is 34.8 Å². The number of carbonyl (C=O) groups is 5. The Morgan fingerprint density at radius 3 is 1.26 bits per heavy atom. The van der Waals surface area contributed by atoms with Crippen LogP contribution in [0, 0.1) is 0 Å². The Morgan fingerprint density at radius 2 is 0.899 bits per heavy atom. The number of hydrogen-bond donors (Lipinski definition) is 6. The lowest BCUT2D eigenvalue weighted by Gasteiger charge is -2.16. The van der Waals surface area contributed by atoms with Crippen LogP contribution in [0.15, 0.2) is 72.8 Å². The number of alkyl halides is 3. The van der Waals surface area contributed by atoms with Crippen molar-refractivity contribution in [3.8, 4) is 17.2 Å². The first-order chi connectivity index (χ1) is 33.0. The Labute approximate surface area is 415 Å². The molecule has 6 aromatic carbocycles. The zero-order valence-electron chi connectivity index (χ0n) is 39.2. The molecule has 0 radical (unpaired) electrons. The van der Waals surface area contributed by atoms with Crippen LogP contribution in [0.2, 0.25) is 0 Å². The van der Waals surface area contributed by atoms with Gasteiger partial charge in [0.1, 0.15) is 17.2 Å². The number of carbonyl (C=O) groups excluding carboxylic acids is 5. The van der Waals surface area contributed by atoms with Crippen LogP contribution in [0.1, 0.15) is 76.7 Å². The molecule has 17 heteroatoms. The largest absolute Gasteiger partial charge is 0.507 e. The summed E-state index contributed by atoms with van der Waals surface area (Å²) in [6, 6.07) is 21.6. The molecule has 14 nitrogen and oxygen atoms in total. The molecule has 6 aromatic rings. The Bertz CT molecular complexity index is 3040. The van der Waals surface area contributed by atoms with E-state index < -0.39 is 0 Å². The maximum atomic E-state index is 11.9. The molecule has 362 valence electrons. The molecule has 0 spiro atoms. The van der Waals surface area contributed by atoms with E-state index in [0.29, 0.717) is 65.0 Å². The van der Waals surface area contributed by atoms with Crippen LogP contribution in [0.5, 0.6) is 17.2 Å². The van der Waals surface area contributed by atoms with Gasteiger partial charge in [0.15, 0.2) is 0 Å². The van der Waals surface area contributed by atoms with Gasteiger partial charge in [0.25, 0.3) is 5.91 Å². The maximum absolute atomic E-state index is 11.9. The van der Waals surface area contributed by atoms with Crippen molar-refractivity contribution in [3.05, 3.63) is 106 Å². The highest BCUT2D eigenvalue weighted by molar-refractivity contribution is 6.20. The number of hydrogen-bond acceptors (Lipinski definition) is 9. The Kier molecular flexibility index (Phi) is 15.5. The van der Waals surface area contributed by atoms with Gasteiger partial charge in [0.05, 0.1) is 23.5 Å². The van der Waals surface area contributed by atoms with Crippen LogP contribution in [0.4, 0.5) is 17.1 Å². The Balaban J connectivity index is 0.000000153. The summed E-state index contributed by atoms with van der Waals surface area (Å²) in [5.74, 6) is 1.19. The number of phenolic OH excluding ortho intramolecular Hbond substituents is 3. The van der Waals surface area contributed by atoms with E-state index in [1.807, 2.05) is 37.4 Å². The third-order valence-corrected chi connectivity index (χ3v) is 14.2. The minimum absolute atomic E-state index is 0.00363. The fraction of sp³-hybridized carbons (Fsp3) is 0.327. The third kappa shape index (κ3) is 9.81. The van der Waals surface area contributed by atoms with Crippen LogP contribution in [-0.2, 0) is 32.1 Å². The summed E-state index contributed by atoms with van der Waals surface area (Å²) < 4.78 is 0. The number of nitrogens with one attached hydrogen (secondary N) is 3. The fourth-order valence-electron chi connectivity index (χ4n) is 9.78. The number of amides is 5. The van der Waals surface area contributed by atoms with E-state index in [2.05, 4.69) is 22.0 Å². The van der Waals surface area contributed by atoms with E-state index in [1.54, 1.807) is 72.1 Å². The molecule has 3 heterocycles. The zero-order chi connectivity index (χ0) is 50.0. The molecule has 3 aliphatic heterocycles. The number of nitrogens with zero attached hydrogens (tertiary/aromatic N) is 3. The number of rotatable bonds is 8. The number of halogens is 3. The molecule has 0 aromatic heterocycles. The van der Waals surface area contributed by atoms with Crippen molar-refractivity contribution in [2.75, 3.05) is 73.1 Å². The van der Waals surface area contributed by atoms with Gasteiger partial charge in [0, 0.05) is 136 Å². The lowest BCUT2D eigenvalue weighted by molar-refractivity contribution is -0.120. The second kappa shape index (κ2) is 21.1. The van der Waals surface area contributed by atoms with Crippen molar-refractivity contribution >= 4 is 114 Å². The topological polar surface area (TPSA) is 192 Å². The van der Waals surface area contributed by atoms with E-state index in [-0.39, 0.29) is 71.0 Å². The maximum Gasteiger partial charge on any atom is 0.251 e. The summed E-state index contributed by atoms with van der Waals surface area (Å²) >= 11 is 18.4. The highest BCUT2D eigenvalue weighted by atomic mass is 35.5. The average Bonchev–Trinajstić information content (AvgIpc) is 4.03. The molecule has 0 aliphatic carbocycles. The van der Waals surface area contributed by atoms with E-state index in [4.69, 9.17) is 34.8 Å². The molecule has 5 amide bonds. The highest BCUT2D eigenvalue weighted by Crippen LogP contribution is 2.48. The monoisotopic (exact) mass is 996 g/mol. The van der Waals surface area contributed by atoms with Gasteiger partial charge in [-0.3, -0.25) is 24.0 Å². The fourth-order valence-corrected chi connectivity index (χ4v) is 10.5. The normalized spacial score (nSPS) is 16.6. The van der Waals surface area contributed by atoms with Crippen molar-refractivity contribution in [2.24, 2.45) is 0 Å². The lowest BCUT2D eigenvalue weighted by Crippen LogP contribution is -2.27. The summed E-state index contributed by atoms with van der Waals surface area (Å²) in [6.07, 6.45) is 0.263. The number of aromatic hydroxyl groups is 3. The first-order valence-corrected chi connectivity index (χ1v) is 24.1. The van der Waals surface area contributed by atoms with Crippen molar-refractivity contribution < 1.29 is 39.3 Å². The number of anilines is 3. The van der Waals surface area contributed by atoms with Crippen LogP contribution >= 0.6 is 34.8 Å². The van der Waals surface area contributed by atoms with Crippen molar-refractivity contribution in [1.29, 1.82) is 0 Å². The molecule has 6 N–H and O–H groups in total. The van der Waals surface area contributed by atoms with E-state index in [1.165, 1.54) is 13.8 Å². The van der Waals surface area contributed by atoms with Gasteiger partial charge in [-0.2, -0.15) is 0 Å². The SMILES string of the molecule is CNC(=O)Cc1ccc2c(O)cc3c(c2c1)C(CCl)CN3C(C)=O.CNC(=O)c1ccc2c(O)cc3c(c2c1)C(CCl)CN3C(C)=O.CNCc1ccc2c(O)cc3c(c2c1)C(CCl)CN3C(C)=O. The van der Waals surface area contributed by atoms with Crippen molar-refractivity contribution in [2.45, 2.75) is 51.5 Å². The van der Waals surface area contributed by atoms with Gasteiger partial charge in [-0.1, -0.05) is 30.3 Å². The van der Waals surface area contributed by atoms with E-state index in [9.17, 15) is 39.3 Å².